The highest BCUT2D eigenvalue weighted by molar-refractivity contribution is 9.10. The summed E-state index contributed by atoms with van der Waals surface area (Å²) in [7, 11) is 0. The first-order valence-corrected chi connectivity index (χ1v) is 16.7. The molecule has 3 aliphatic carbocycles. The van der Waals surface area contributed by atoms with E-state index in [9.17, 15) is 9.59 Å². The van der Waals surface area contributed by atoms with Crippen LogP contribution in [0, 0.1) is 0 Å². The summed E-state index contributed by atoms with van der Waals surface area (Å²) in [5.74, 6) is -0.270. The van der Waals surface area contributed by atoms with Gasteiger partial charge in [-0.2, -0.15) is 0 Å². The van der Waals surface area contributed by atoms with Crippen molar-refractivity contribution < 1.29 is 9.59 Å². The maximum Gasteiger partial charge on any atom is 0.196 e. The molecule has 220 valence electrons. The van der Waals surface area contributed by atoms with E-state index in [1.165, 1.54) is 11.1 Å². The number of rotatable bonds is 10. The van der Waals surface area contributed by atoms with E-state index in [0.717, 1.165) is 38.5 Å². The van der Waals surface area contributed by atoms with Gasteiger partial charge in [0, 0.05) is 22.5 Å². The van der Waals surface area contributed by atoms with Gasteiger partial charge in [0.15, 0.2) is 11.6 Å². The number of nitrogens with one attached hydrogen (secondary N) is 2. The van der Waals surface area contributed by atoms with Crippen LogP contribution < -0.4 is 10.6 Å². The monoisotopic (exact) mass is 690 g/mol. The first kappa shape index (κ1) is 30.7. The van der Waals surface area contributed by atoms with E-state index in [1.807, 2.05) is 24.3 Å². The molecule has 4 nitrogen and oxygen atoms in total. The Labute approximate surface area is 267 Å². The van der Waals surface area contributed by atoms with Gasteiger partial charge in [-0.15, -0.1) is 0 Å². The van der Waals surface area contributed by atoms with Gasteiger partial charge in [-0.05, 0) is 51.7 Å². The van der Waals surface area contributed by atoms with Gasteiger partial charge in [0.1, 0.15) is 0 Å². The van der Waals surface area contributed by atoms with Crippen LogP contribution in [0.4, 0.5) is 11.4 Å². The Hall–Kier alpha value is -2.70. The van der Waals surface area contributed by atoms with Gasteiger partial charge in [0.2, 0.25) is 0 Å². The minimum absolute atomic E-state index is 0.107. The lowest BCUT2D eigenvalue weighted by Crippen LogP contribution is -2.40. The smallest absolute Gasteiger partial charge is 0.196 e. The number of unbranched alkanes of at least 4 members (excludes halogenated alkanes) is 2. The van der Waals surface area contributed by atoms with E-state index in [0.29, 0.717) is 33.6 Å². The molecule has 5 rings (SSSR count). The lowest BCUT2D eigenvalue weighted by atomic mass is 9.81. The first-order chi connectivity index (χ1) is 20.1. The number of alkyl halides is 2. The lowest BCUT2D eigenvalue weighted by molar-refractivity contribution is 0.0980. The lowest BCUT2D eigenvalue weighted by Gasteiger charge is -2.36. The van der Waals surface area contributed by atoms with Gasteiger partial charge < -0.3 is 10.6 Å². The minimum Gasteiger partial charge on any atom is -0.376 e. The Morgan fingerprint density at radius 1 is 0.690 bits per heavy atom. The van der Waals surface area contributed by atoms with Crippen LogP contribution in [0.5, 0.6) is 0 Å². The number of hydrogen-bond acceptors (Lipinski definition) is 4. The van der Waals surface area contributed by atoms with E-state index < -0.39 is 0 Å². The Morgan fingerprint density at radius 3 is 1.45 bits per heavy atom. The molecule has 0 heterocycles. The quantitative estimate of drug-likeness (QED) is 0.208. The molecule has 0 amide bonds. The topological polar surface area (TPSA) is 58.2 Å². The molecular weight excluding hydrogens is 652 g/mol. The summed E-state index contributed by atoms with van der Waals surface area (Å²) in [4.78, 5) is 28.1. The van der Waals surface area contributed by atoms with Crippen molar-refractivity contribution in [2.75, 3.05) is 10.6 Å². The van der Waals surface area contributed by atoms with E-state index in [4.69, 9.17) is 0 Å². The summed E-state index contributed by atoms with van der Waals surface area (Å²) in [6.07, 6.45) is 19.9. The first-order valence-electron chi connectivity index (χ1n) is 15.1. The standard InChI is InChI=1S/C36H40Br2N2O2/c1-5-7-11-23-15-19-29(35(3,37)21-23)39-27-17-18-28(40-30-20-16-24(12-8-6-2)22-36(30,4)38)32-31(27)33(41)25-13-9-10-14-26(25)34(32)42/h9-10,13-22,29-30,39-40H,5-8,11-12H2,1-4H3. The van der Waals surface area contributed by atoms with Crippen molar-refractivity contribution in [3.8, 4) is 0 Å². The Bertz CT molecular complexity index is 1400. The van der Waals surface area contributed by atoms with Gasteiger partial charge in [0.05, 0.1) is 31.9 Å². The Balaban J connectivity index is 1.52. The number of halogens is 2. The maximum atomic E-state index is 14.1. The molecule has 0 saturated carbocycles. The average Bonchev–Trinajstić information content (AvgIpc) is 2.96. The second-order valence-corrected chi connectivity index (χ2v) is 15.4. The fraction of sp³-hybridized carbons (Fsp3) is 0.389. The van der Waals surface area contributed by atoms with Crippen molar-refractivity contribution in [1.82, 2.24) is 0 Å². The second kappa shape index (κ2) is 12.5. The summed E-state index contributed by atoms with van der Waals surface area (Å²) < 4.78 is -0.693. The fourth-order valence-corrected chi connectivity index (χ4v) is 7.19. The molecule has 0 bridgehead atoms. The van der Waals surface area contributed by atoms with Crippen LogP contribution in [0.2, 0.25) is 0 Å². The van der Waals surface area contributed by atoms with Crippen molar-refractivity contribution in [2.24, 2.45) is 0 Å². The molecule has 4 atom stereocenters. The molecule has 0 spiro atoms. The third-order valence-corrected chi connectivity index (χ3v) is 9.94. The maximum absolute atomic E-state index is 14.1. The van der Waals surface area contributed by atoms with Crippen molar-refractivity contribution in [3.05, 3.63) is 106 Å². The third kappa shape index (κ3) is 6.16. The van der Waals surface area contributed by atoms with Gasteiger partial charge >= 0.3 is 0 Å². The third-order valence-electron chi connectivity index (χ3n) is 8.49. The summed E-state index contributed by atoms with van der Waals surface area (Å²) in [6.45, 7) is 8.68. The molecular formula is C36H40Br2N2O2. The average molecular weight is 693 g/mol. The number of ketones is 2. The van der Waals surface area contributed by atoms with Crippen molar-refractivity contribution in [1.29, 1.82) is 0 Å². The number of anilines is 2. The molecule has 42 heavy (non-hydrogen) atoms. The summed E-state index contributed by atoms with van der Waals surface area (Å²) in [6, 6.07) is 10.8. The van der Waals surface area contributed by atoms with Crippen LogP contribution in [-0.4, -0.2) is 32.3 Å². The SMILES string of the molecule is CCCCC1=CC(C)(Br)C(Nc2ccc(NC3C=CC(CCCC)=CC3(C)Br)c3c2C(=O)c2ccccc2C3=O)C=C1. The molecule has 4 unspecified atom stereocenters. The molecule has 0 radical (unpaired) electrons. The van der Waals surface area contributed by atoms with Crippen LogP contribution in [-0.2, 0) is 0 Å². The molecule has 0 aromatic heterocycles. The summed E-state index contributed by atoms with van der Waals surface area (Å²) in [5.41, 5.74) is 5.69. The van der Waals surface area contributed by atoms with E-state index >= 15 is 0 Å². The van der Waals surface area contributed by atoms with Gasteiger partial charge in [0.25, 0.3) is 0 Å². The zero-order valence-corrected chi connectivity index (χ0v) is 28.1. The normalized spacial score (nSPS) is 26.3. The molecule has 6 heteroatoms. The summed E-state index contributed by atoms with van der Waals surface area (Å²) in [5, 5.41) is 7.24. The van der Waals surface area contributed by atoms with Gasteiger partial charge in [-0.25, -0.2) is 0 Å². The van der Waals surface area contributed by atoms with Crippen molar-refractivity contribution in [3.63, 3.8) is 0 Å². The number of allylic oxidation sites excluding steroid dienone is 4. The highest BCUT2D eigenvalue weighted by Gasteiger charge is 2.38. The highest BCUT2D eigenvalue weighted by atomic mass is 79.9. The zero-order valence-electron chi connectivity index (χ0n) is 24.9. The zero-order chi connectivity index (χ0) is 30.1. The molecule has 2 N–H and O–H groups in total. The molecule has 0 fully saturated rings. The predicted octanol–water partition coefficient (Wildman–Crippen LogP) is 9.70. The number of carbonyl (C=O) groups excluding carboxylic acids is 2. The van der Waals surface area contributed by atoms with Crippen molar-refractivity contribution >= 4 is 54.8 Å². The van der Waals surface area contributed by atoms with Crippen LogP contribution in [0.3, 0.4) is 0 Å². The van der Waals surface area contributed by atoms with Gasteiger partial charge in [-0.3, -0.25) is 9.59 Å². The Morgan fingerprint density at radius 2 is 1.10 bits per heavy atom. The van der Waals surface area contributed by atoms with E-state index in [2.05, 4.69) is 107 Å². The number of hydrogen-bond donors (Lipinski definition) is 2. The molecule has 2 aromatic carbocycles. The van der Waals surface area contributed by atoms with Crippen LogP contribution >= 0.6 is 31.9 Å². The number of carbonyl (C=O) groups is 2. The Kier molecular flexibility index (Phi) is 9.15. The molecule has 0 aliphatic heterocycles. The summed E-state index contributed by atoms with van der Waals surface area (Å²) >= 11 is 7.88. The largest absolute Gasteiger partial charge is 0.376 e. The van der Waals surface area contributed by atoms with E-state index in [-0.39, 0.29) is 32.3 Å². The minimum atomic E-state index is -0.346. The molecule has 0 saturated heterocycles. The fourth-order valence-electron chi connectivity index (χ4n) is 6.07. The second-order valence-electron chi connectivity index (χ2n) is 12.0. The van der Waals surface area contributed by atoms with Crippen LogP contribution in [0.1, 0.15) is 98.1 Å². The van der Waals surface area contributed by atoms with Crippen molar-refractivity contribution in [2.45, 2.75) is 87.0 Å². The number of benzene rings is 2. The predicted molar refractivity (Wildman–Crippen MR) is 183 cm³/mol. The van der Waals surface area contributed by atoms with E-state index in [1.54, 1.807) is 12.1 Å². The van der Waals surface area contributed by atoms with Gasteiger partial charge in [-0.1, -0.05) is 130 Å². The van der Waals surface area contributed by atoms with Crippen LogP contribution in [0.25, 0.3) is 0 Å². The van der Waals surface area contributed by atoms with Crippen LogP contribution in [0.15, 0.2) is 84.0 Å². The molecule has 2 aromatic rings. The number of fused-ring (bicyclic) bond motifs is 2. The highest BCUT2D eigenvalue weighted by Crippen LogP contribution is 2.41. The molecule has 3 aliphatic rings.